The smallest absolute Gasteiger partial charge is 0.119 e. The first-order chi connectivity index (χ1) is 3.50. The van der Waals surface area contributed by atoms with E-state index in [0.717, 1.165) is 0 Å². The van der Waals surface area contributed by atoms with E-state index in [1.54, 1.807) is 11.6 Å². The molecule has 0 aromatic rings. The van der Waals surface area contributed by atoms with Gasteiger partial charge < -0.3 is 17.0 Å². The molecule has 1 aliphatic heterocycles. The van der Waals surface area contributed by atoms with Crippen LogP contribution in [-0.4, -0.2) is 6.21 Å². The van der Waals surface area contributed by atoms with Crippen molar-refractivity contribution >= 4 is 6.21 Å². The Morgan fingerprint density at radius 1 is 1.12 bits per heavy atom. The van der Waals surface area contributed by atoms with Crippen LogP contribution < -0.4 is 22.4 Å². The highest BCUT2D eigenvalue weighted by Gasteiger charge is 1.73. The van der Waals surface area contributed by atoms with Crippen molar-refractivity contribution in [2.75, 3.05) is 0 Å². The van der Waals surface area contributed by atoms with Gasteiger partial charge in [0.25, 0.3) is 0 Å². The van der Waals surface area contributed by atoms with Gasteiger partial charge in [0, 0.05) is 0 Å². The third-order valence-corrected chi connectivity index (χ3v) is 0.678. The van der Waals surface area contributed by atoms with Crippen LogP contribution in [0.25, 0.3) is 0 Å². The Balaban J connectivity index is 0.000000490. The molecule has 0 saturated carbocycles. The van der Waals surface area contributed by atoms with Gasteiger partial charge >= 0.3 is 0 Å². The molecule has 0 amide bonds. The molecule has 1 rings (SSSR count). The Morgan fingerprint density at radius 3 is 2.88 bits per heavy atom. The molecule has 0 spiro atoms. The van der Waals surface area contributed by atoms with E-state index in [0.29, 0.717) is 0 Å². The van der Waals surface area contributed by atoms with Crippen molar-refractivity contribution in [1.29, 1.82) is 0 Å². The molecule has 0 saturated heterocycles. The van der Waals surface area contributed by atoms with Crippen molar-refractivity contribution < 1.29 is 22.4 Å². The fraction of sp³-hybridized carbons (Fsp3) is 0. The summed E-state index contributed by atoms with van der Waals surface area (Å²) in [5, 5.41) is 3.85. The molecule has 0 aliphatic carbocycles. The third kappa shape index (κ3) is 2.71. The third-order valence-electron chi connectivity index (χ3n) is 0.678. The van der Waals surface area contributed by atoms with Crippen molar-refractivity contribution in [2.45, 2.75) is 0 Å². The van der Waals surface area contributed by atoms with E-state index in [2.05, 4.69) is 5.10 Å². The number of allylic oxidation sites excluding steroid dienone is 3. The molecule has 0 bridgehead atoms. The van der Waals surface area contributed by atoms with Gasteiger partial charge in [0.1, 0.15) is 6.20 Å². The minimum absolute atomic E-state index is 0. The van der Waals surface area contributed by atoms with Gasteiger partial charge in [0.2, 0.25) is 0 Å². The van der Waals surface area contributed by atoms with Gasteiger partial charge in [-0.2, -0.15) is 5.43 Å². The number of hydrogen-bond acceptors (Lipinski definition) is 1. The van der Waals surface area contributed by atoms with Crippen LogP contribution in [0.5, 0.6) is 0 Å². The molecule has 2 N–H and O–H groups in total. The number of quaternary nitrogens is 1. The summed E-state index contributed by atoms with van der Waals surface area (Å²) in [4.78, 5) is 0. The van der Waals surface area contributed by atoms with Gasteiger partial charge in [-0.15, -0.1) is 0 Å². The highest BCUT2D eigenvalue weighted by atomic mass is 79.9. The van der Waals surface area contributed by atoms with Crippen molar-refractivity contribution in [2.24, 2.45) is 5.10 Å². The second-order valence-corrected chi connectivity index (χ2v) is 1.22. The molecule has 3 heteroatoms. The number of rotatable bonds is 0. The Bertz CT molecular complexity index is 112. The van der Waals surface area contributed by atoms with E-state index < -0.39 is 0 Å². The first-order valence-electron chi connectivity index (χ1n) is 2.18. The summed E-state index contributed by atoms with van der Waals surface area (Å²) in [7, 11) is 0. The first-order valence-corrected chi connectivity index (χ1v) is 2.18. The summed E-state index contributed by atoms with van der Waals surface area (Å²) in [6.45, 7) is 0. The molecule has 0 radical (unpaired) electrons. The molecule has 0 aromatic carbocycles. The first kappa shape index (κ1) is 7.59. The quantitative estimate of drug-likeness (QED) is 0.372. The molecule has 8 heavy (non-hydrogen) atoms. The maximum atomic E-state index is 3.85. The number of halogens is 1. The largest absolute Gasteiger partial charge is 1.00 e. The number of nitrogens with zero attached hydrogens (tertiary/aromatic N) is 1. The molecule has 0 unspecified atom stereocenters. The van der Waals surface area contributed by atoms with Gasteiger partial charge in [-0.3, -0.25) is 0 Å². The van der Waals surface area contributed by atoms with Crippen LogP contribution in [0.1, 0.15) is 0 Å². The van der Waals surface area contributed by atoms with Crippen molar-refractivity contribution in [3.05, 3.63) is 24.4 Å². The minimum Gasteiger partial charge on any atom is -1.00 e. The molecular formula is C5H7BrN2. The van der Waals surface area contributed by atoms with E-state index in [9.17, 15) is 0 Å². The second-order valence-electron chi connectivity index (χ2n) is 1.22. The highest BCUT2D eigenvalue weighted by molar-refractivity contribution is 5.70. The van der Waals surface area contributed by atoms with Crippen LogP contribution in [0.4, 0.5) is 0 Å². The Labute approximate surface area is 58.7 Å². The van der Waals surface area contributed by atoms with E-state index in [1.807, 2.05) is 24.4 Å². The summed E-state index contributed by atoms with van der Waals surface area (Å²) >= 11 is 0. The van der Waals surface area contributed by atoms with Crippen LogP contribution in [0, 0.1) is 0 Å². The molecule has 44 valence electrons. The van der Waals surface area contributed by atoms with E-state index >= 15 is 0 Å². The highest BCUT2D eigenvalue weighted by Crippen LogP contribution is 1.70. The average Bonchev–Trinajstić information content (AvgIpc) is 1.90. The van der Waals surface area contributed by atoms with Gasteiger partial charge in [-0.1, -0.05) is 11.2 Å². The lowest BCUT2D eigenvalue weighted by Gasteiger charge is -1.70. The zero-order valence-electron chi connectivity index (χ0n) is 4.29. The summed E-state index contributed by atoms with van der Waals surface area (Å²) in [5.41, 5.74) is 1.75. The topological polar surface area (TPSA) is 29.0 Å². The molecule has 0 atom stereocenters. The van der Waals surface area contributed by atoms with Crippen LogP contribution in [-0.2, 0) is 0 Å². The fourth-order valence-corrected chi connectivity index (χ4v) is 0.377. The second kappa shape index (κ2) is 4.74. The van der Waals surface area contributed by atoms with Gasteiger partial charge in [0.05, 0.1) is 6.21 Å². The van der Waals surface area contributed by atoms with Crippen LogP contribution in [0.3, 0.4) is 0 Å². The lowest BCUT2D eigenvalue weighted by Crippen LogP contribution is -3.00. The number of nitrogens with two attached hydrogens (primary N) is 1. The SMILES string of the molecule is C1=CC=N[NH2+]C=C1.[Br-]. The Morgan fingerprint density at radius 2 is 2.00 bits per heavy atom. The normalized spacial score (nSPS) is 15.0. The van der Waals surface area contributed by atoms with Gasteiger partial charge in [-0.05, 0) is 12.2 Å². The Kier molecular flexibility index (Phi) is 4.50. The summed E-state index contributed by atoms with van der Waals surface area (Å²) < 4.78 is 0. The summed E-state index contributed by atoms with van der Waals surface area (Å²) in [6, 6.07) is 0. The van der Waals surface area contributed by atoms with E-state index in [1.165, 1.54) is 0 Å². The standard InChI is InChI=1S/C5H6N2.BrH/c1-2-4-6-7-5-3-1;/h1-6H;1H. The van der Waals surface area contributed by atoms with Crippen LogP contribution >= 0.6 is 0 Å². The molecule has 2 nitrogen and oxygen atoms in total. The lowest BCUT2D eigenvalue weighted by molar-refractivity contribution is -0.593. The van der Waals surface area contributed by atoms with Crippen LogP contribution in [0.2, 0.25) is 0 Å². The van der Waals surface area contributed by atoms with Gasteiger partial charge in [0.15, 0.2) is 0 Å². The monoisotopic (exact) mass is 174 g/mol. The van der Waals surface area contributed by atoms with E-state index in [-0.39, 0.29) is 17.0 Å². The maximum absolute atomic E-state index is 3.85. The molecule has 0 aromatic heterocycles. The van der Waals surface area contributed by atoms with Crippen molar-refractivity contribution in [3.63, 3.8) is 0 Å². The predicted molar refractivity (Wildman–Crippen MR) is 28.7 cm³/mol. The fourth-order valence-electron chi connectivity index (χ4n) is 0.377. The maximum Gasteiger partial charge on any atom is 0.119 e. The van der Waals surface area contributed by atoms with Crippen molar-refractivity contribution in [1.82, 2.24) is 0 Å². The zero-order chi connectivity index (χ0) is 4.95. The molecule has 1 aliphatic rings. The summed E-state index contributed by atoms with van der Waals surface area (Å²) in [6.07, 6.45) is 9.40. The Hall–Kier alpha value is -0.410. The van der Waals surface area contributed by atoms with Gasteiger partial charge in [-0.25, -0.2) is 0 Å². The zero-order valence-corrected chi connectivity index (χ0v) is 5.88. The number of hydrogen-bond donors (Lipinski definition) is 1. The molecule has 1 heterocycles. The molecule has 0 fully saturated rings. The minimum atomic E-state index is 0. The average molecular weight is 175 g/mol. The van der Waals surface area contributed by atoms with E-state index in [4.69, 9.17) is 0 Å². The lowest BCUT2D eigenvalue weighted by atomic mass is 10.5. The van der Waals surface area contributed by atoms with Crippen LogP contribution in [0.15, 0.2) is 29.5 Å². The molecular weight excluding hydrogens is 168 g/mol. The van der Waals surface area contributed by atoms with Crippen molar-refractivity contribution in [3.8, 4) is 0 Å². The predicted octanol–water partition coefficient (Wildman–Crippen LogP) is -3.38. The summed E-state index contributed by atoms with van der Waals surface area (Å²) in [5.74, 6) is 0.